The van der Waals surface area contributed by atoms with Crippen molar-refractivity contribution in [2.24, 2.45) is 5.14 Å². The number of pyridine rings is 1. The molecule has 2 heterocycles. The number of sulfonamides is 1. The maximum atomic E-state index is 11.6. The molecule has 5 aromatic rings. The molecular weight excluding hydrogens is 384 g/mol. The van der Waals surface area contributed by atoms with E-state index >= 15 is 0 Å². The van der Waals surface area contributed by atoms with Crippen molar-refractivity contribution in [2.75, 3.05) is 0 Å². The summed E-state index contributed by atoms with van der Waals surface area (Å²) in [5.74, 6) is 0.676. The number of fused-ring (bicyclic) bond motifs is 2. The molecule has 6 nitrogen and oxygen atoms in total. The number of nitrogens with zero attached hydrogens (tertiary/aromatic N) is 3. The highest BCUT2D eigenvalue weighted by Crippen LogP contribution is 2.29. The van der Waals surface area contributed by atoms with Gasteiger partial charge in [0.25, 0.3) is 0 Å². The third-order valence-electron chi connectivity index (χ3n) is 4.85. The summed E-state index contributed by atoms with van der Waals surface area (Å²) in [4.78, 5) is 9.34. The number of nitrogens with two attached hydrogens (primary N) is 1. The van der Waals surface area contributed by atoms with Gasteiger partial charge in [-0.25, -0.2) is 23.5 Å². The van der Waals surface area contributed by atoms with Gasteiger partial charge >= 0.3 is 0 Å². The average Bonchev–Trinajstić information content (AvgIpc) is 3.12. The Morgan fingerprint density at radius 1 is 0.828 bits per heavy atom. The lowest BCUT2D eigenvalue weighted by Gasteiger charge is -2.10. The van der Waals surface area contributed by atoms with Crippen molar-refractivity contribution >= 4 is 32.0 Å². The second-order valence-corrected chi connectivity index (χ2v) is 8.28. The number of rotatable bonds is 3. The fourth-order valence-electron chi connectivity index (χ4n) is 3.46. The zero-order valence-electron chi connectivity index (χ0n) is 15.2. The SMILES string of the molecule is NS(=O)(=O)c1ccc(-c2nc3cccnc3n2-c2ccc3ccccc3c2)cc1. The summed E-state index contributed by atoms with van der Waals surface area (Å²) in [6, 6.07) is 24.5. The fourth-order valence-corrected chi connectivity index (χ4v) is 3.98. The molecule has 0 aliphatic rings. The Morgan fingerprint density at radius 3 is 2.34 bits per heavy atom. The molecule has 0 bridgehead atoms. The number of benzene rings is 3. The van der Waals surface area contributed by atoms with Gasteiger partial charge in [0.15, 0.2) is 5.65 Å². The Labute approximate surface area is 167 Å². The maximum Gasteiger partial charge on any atom is 0.238 e. The lowest BCUT2D eigenvalue weighted by Crippen LogP contribution is -2.11. The van der Waals surface area contributed by atoms with Gasteiger partial charge in [0.05, 0.1) is 4.90 Å². The second-order valence-electron chi connectivity index (χ2n) is 6.72. The molecule has 0 radical (unpaired) electrons. The predicted molar refractivity (Wildman–Crippen MR) is 113 cm³/mol. The monoisotopic (exact) mass is 400 g/mol. The number of imidazole rings is 1. The van der Waals surface area contributed by atoms with Crippen LogP contribution in [-0.2, 0) is 10.0 Å². The summed E-state index contributed by atoms with van der Waals surface area (Å²) >= 11 is 0. The highest BCUT2D eigenvalue weighted by Gasteiger charge is 2.16. The quantitative estimate of drug-likeness (QED) is 0.497. The number of aromatic nitrogens is 3. The molecular formula is C22H16N4O2S. The molecule has 0 aliphatic heterocycles. The minimum absolute atomic E-state index is 0.0627. The van der Waals surface area contributed by atoms with Crippen LogP contribution >= 0.6 is 0 Å². The van der Waals surface area contributed by atoms with Crippen molar-refractivity contribution in [3.63, 3.8) is 0 Å². The summed E-state index contributed by atoms with van der Waals surface area (Å²) in [7, 11) is -3.75. The van der Waals surface area contributed by atoms with E-state index in [9.17, 15) is 8.42 Å². The molecule has 29 heavy (non-hydrogen) atoms. The molecule has 0 fully saturated rings. The molecule has 0 unspecified atom stereocenters. The zero-order valence-corrected chi connectivity index (χ0v) is 16.0. The first kappa shape index (κ1) is 17.5. The van der Waals surface area contributed by atoms with Crippen LogP contribution < -0.4 is 5.14 Å². The summed E-state index contributed by atoms with van der Waals surface area (Å²) in [5, 5.41) is 7.48. The van der Waals surface area contributed by atoms with E-state index in [1.807, 2.05) is 34.9 Å². The molecule has 0 atom stereocenters. The smallest absolute Gasteiger partial charge is 0.238 e. The van der Waals surface area contributed by atoms with E-state index in [-0.39, 0.29) is 4.90 Å². The molecule has 0 saturated heterocycles. The molecule has 0 amide bonds. The Kier molecular flexibility index (Phi) is 3.94. The van der Waals surface area contributed by atoms with Gasteiger partial charge in [-0.05, 0) is 59.3 Å². The number of hydrogen-bond acceptors (Lipinski definition) is 4. The summed E-state index contributed by atoms with van der Waals surface area (Å²) in [5.41, 5.74) is 3.18. The molecule has 0 spiro atoms. The summed E-state index contributed by atoms with van der Waals surface area (Å²) in [6.07, 6.45) is 1.73. The van der Waals surface area contributed by atoms with Crippen LogP contribution in [0.15, 0.2) is 90.0 Å². The molecule has 142 valence electrons. The van der Waals surface area contributed by atoms with Crippen LogP contribution in [0.25, 0.3) is 39.0 Å². The minimum atomic E-state index is -3.75. The first-order valence-electron chi connectivity index (χ1n) is 8.97. The normalized spacial score (nSPS) is 11.9. The van der Waals surface area contributed by atoms with Crippen molar-refractivity contribution in [1.82, 2.24) is 14.5 Å². The van der Waals surface area contributed by atoms with Crippen molar-refractivity contribution in [3.8, 4) is 17.1 Å². The van der Waals surface area contributed by atoms with Crippen molar-refractivity contribution in [3.05, 3.63) is 85.1 Å². The standard InChI is InChI=1S/C22H16N4O2S/c23-29(27,28)19-11-8-16(9-12-19)21-25-20-6-3-13-24-22(20)26(21)18-10-7-15-4-1-2-5-17(15)14-18/h1-14H,(H2,23,27,28). The molecule has 0 aliphatic carbocycles. The third-order valence-corrected chi connectivity index (χ3v) is 5.78. The van der Waals surface area contributed by atoms with Gasteiger partial charge in [-0.15, -0.1) is 0 Å². The lowest BCUT2D eigenvalue weighted by atomic mass is 10.1. The predicted octanol–water partition coefficient (Wildman–Crippen LogP) is 3.89. The average molecular weight is 400 g/mol. The van der Waals surface area contributed by atoms with Gasteiger partial charge in [0, 0.05) is 17.4 Å². The first-order valence-corrected chi connectivity index (χ1v) is 10.5. The van der Waals surface area contributed by atoms with E-state index in [2.05, 4.69) is 29.2 Å². The molecule has 0 saturated carbocycles. The number of hydrogen-bond donors (Lipinski definition) is 1. The van der Waals surface area contributed by atoms with Crippen LogP contribution in [-0.4, -0.2) is 23.0 Å². The van der Waals surface area contributed by atoms with E-state index in [0.29, 0.717) is 5.82 Å². The van der Waals surface area contributed by atoms with Crippen molar-refractivity contribution < 1.29 is 8.42 Å². The van der Waals surface area contributed by atoms with E-state index < -0.39 is 10.0 Å². The van der Waals surface area contributed by atoms with Gasteiger partial charge in [-0.3, -0.25) is 4.57 Å². The van der Waals surface area contributed by atoms with E-state index in [1.165, 1.54) is 12.1 Å². The number of primary sulfonamides is 1. The van der Waals surface area contributed by atoms with Gasteiger partial charge in [-0.1, -0.05) is 30.3 Å². The fraction of sp³-hybridized carbons (Fsp3) is 0. The highest BCUT2D eigenvalue weighted by atomic mass is 32.2. The largest absolute Gasteiger partial charge is 0.277 e. The van der Waals surface area contributed by atoms with Crippen LogP contribution in [0.1, 0.15) is 0 Å². The molecule has 3 aromatic carbocycles. The lowest BCUT2D eigenvalue weighted by molar-refractivity contribution is 0.598. The Bertz CT molecular complexity index is 1470. The Hall–Kier alpha value is -3.55. The molecule has 2 N–H and O–H groups in total. The topological polar surface area (TPSA) is 90.9 Å². The van der Waals surface area contributed by atoms with Gasteiger partial charge in [-0.2, -0.15) is 0 Å². The first-order chi connectivity index (χ1) is 14.0. The van der Waals surface area contributed by atoms with Gasteiger partial charge < -0.3 is 0 Å². The highest BCUT2D eigenvalue weighted by molar-refractivity contribution is 7.89. The minimum Gasteiger partial charge on any atom is -0.277 e. The maximum absolute atomic E-state index is 11.6. The molecule has 2 aromatic heterocycles. The van der Waals surface area contributed by atoms with E-state index in [0.717, 1.165) is 33.2 Å². The summed E-state index contributed by atoms with van der Waals surface area (Å²) in [6.45, 7) is 0. The van der Waals surface area contributed by atoms with Crippen LogP contribution in [0.5, 0.6) is 0 Å². The molecule has 7 heteroatoms. The van der Waals surface area contributed by atoms with Crippen molar-refractivity contribution in [2.45, 2.75) is 4.90 Å². The van der Waals surface area contributed by atoms with Gasteiger partial charge in [0.1, 0.15) is 11.3 Å². The van der Waals surface area contributed by atoms with Gasteiger partial charge in [0.2, 0.25) is 10.0 Å². The third kappa shape index (κ3) is 3.06. The Balaban J connectivity index is 1.76. The van der Waals surface area contributed by atoms with E-state index in [4.69, 9.17) is 10.1 Å². The zero-order chi connectivity index (χ0) is 20.0. The van der Waals surface area contributed by atoms with Crippen LogP contribution in [0.3, 0.4) is 0 Å². The van der Waals surface area contributed by atoms with Crippen LogP contribution in [0, 0.1) is 0 Å². The molecule has 5 rings (SSSR count). The van der Waals surface area contributed by atoms with Crippen LogP contribution in [0.4, 0.5) is 0 Å². The Morgan fingerprint density at radius 2 is 1.59 bits per heavy atom. The van der Waals surface area contributed by atoms with Crippen LogP contribution in [0.2, 0.25) is 0 Å². The van der Waals surface area contributed by atoms with E-state index in [1.54, 1.807) is 18.3 Å². The second kappa shape index (κ2) is 6.51. The summed E-state index contributed by atoms with van der Waals surface area (Å²) < 4.78 is 25.1. The van der Waals surface area contributed by atoms with Crippen molar-refractivity contribution in [1.29, 1.82) is 0 Å².